The van der Waals surface area contributed by atoms with Gasteiger partial charge < -0.3 is 5.11 Å². The summed E-state index contributed by atoms with van der Waals surface area (Å²) in [4.78, 5) is 23.0. The van der Waals surface area contributed by atoms with E-state index in [-0.39, 0.29) is 11.7 Å². The smallest absolute Gasteiger partial charge is 0.178 e. The Bertz CT molecular complexity index is 231. The van der Waals surface area contributed by atoms with Gasteiger partial charge in [0.15, 0.2) is 17.2 Å². The van der Waals surface area contributed by atoms with Gasteiger partial charge in [0.25, 0.3) is 0 Å². The van der Waals surface area contributed by atoms with Crippen molar-refractivity contribution in [2.24, 2.45) is 5.92 Å². The maximum Gasteiger partial charge on any atom is 0.178 e. The average Bonchev–Trinajstić information content (AvgIpc) is 2.18. The average molecular weight is 214 g/mol. The minimum absolute atomic E-state index is 0.191. The fraction of sp³-hybridized carbons (Fsp3) is 0.833. The molecule has 0 fully saturated rings. The molecule has 0 amide bonds. The van der Waals surface area contributed by atoms with Crippen molar-refractivity contribution in [2.45, 2.75) is 59.0 Å². The van der Waals surface area contributed by atoms with Crippen molar-refractivity contribution in [2.75, 3.05) is 0 Å². The van der Waals surface area contributed by atoms with E-state index in [1.165, 1.54) is 13.8 Å². The molecular formula is C12H22O3. The molecule has 1 N–H and O–H groups in total. The van der Waals surface area contributed by atoms with Gasteiger partial charge in [-0.1, -0.05) is 26.7 Å². The van der Waals surface area contributed by atoms with Gasteiger partial charge in [0, 0.05) is 5.92 Å². The number of rotatable bonds is 7. The van der Waals surface area contributed by atoms with Gasteiger partial charge in [0.1, 0.15) is 0 Å². The number of hydrogen-bond donors (Lipinski definition) is 1. The van der Waals surface area contributed by atoms with E-state index in [2.05, 4.69) is 6.92 Å². The first kappa shape index (κ1) is 14.3. The Kier molecular flexibility index (Phi) is 5.73. The summed E-state index contributed by atoms with van der Waals surface area (Å²) in [5, 5.41) is 9.76. The summed E-state index contributed by atoms with van der Waals surface area (Å²) >= 11 is 0. The zero-order valence-corrected chi connectivity index (χ0v) is 10.2. The molecule has 0 saturated heterocycles. The van der Waals surface area contributed by atoms with Gasteiger partial charge in [0.2, 0.25) is 0 Å². The number of unbranched alkanes of at least 4 members (excludes halogenated alkanes) is 1. The van der Waals surface area contributed by atoms with Gasteiger partial charge in [-0.3, -0.25) is 9.59 Å². The largest absolute Gasteiger partial charge is 0.375 e. The van der Waals surface area contributed by atoms with Crippen LogP contribution in [0, 0.1) is 5.92 Å². The van der Waals surface area contributed by atoms with E-state index in [0.717, 1.165) is 19.3 Å². The van der Waals surface area contributed by atoms with Crippen LogP contribution in [-0.2, 0) is 9.59 Å². The van der Waals surface area contributed by atoms with Crippen LogP contribution < -0.4 is 0 Å². The van der Waals surface area contributed by atoms with Crippen molar-refractivity contribution in [1.29, 1.82) is 0 Å². The molecule has 0 radical (unpaired) electrons. The molecule has 0 aromatic carbocycles. The van der Waals surface area contributed by atoms with E-state index in [0.29, 0.717) is 6.42 Å². The first-order chi connectivity index (χ1) is 6.87. The van der Waals surface area contributed by atoms with Crippen molar-refractivity contribution >= 4 is 11.6 Å². The summed E-state index contributed by atoms with van der Waals surface area (Å²) in [6, 6.07) is 0. The van der Waals surface area contributed by atoms with Crippen molar-refractivity contribution < 1.29 is 14.7 Å². The molecule has 0 aliphatic carbocycles. The van der Waals surface area contributed by atoms with Crippen LogP contribution in [0.4, 0.5) is 0 Å². The molecule has 0 rings (SSSR count). The molecule has 0 spiro atoms. The topological polar surface area (TPSA) is 54.4 Å². The Morgan fingerprint density at radius 2 is 1.87 bits per heavy atom. The number of carbonyl (C=O) groups is 2. The summed E-state index contributed by atoms with van der Waals surface area (Å²) in [6.07, 6.45) is 3.42. The first-order valence-electron chi connectivity index (χ1n) is 5.65. The Hall–Kier alpha value is -0.700. The molecule has 3 nitrogen and oxygen atoms in total. The van der Waals surface area contributed by atoms with E-state index in [9.17, 15) is 14.7 Å². The van der Waals surface area contributed by atoms with Crippen molar-refractivity contribution in [3.8, 4) is 0 Å². The molecule has 3 heteroatoms. The predicted molar refractivity (Wildman–Crippen MR) is 59.6 cm³/mol. The second-order valence-electron chi connectivity index (χ2n) is 4.24. The Balaban J connectivity index is 4.57. The summed E-state index contributed by atoms with van der Waals surface area (Å²) < 4.78 is 0. The second-order valence-corrected chi connectivity index (χ2v) is 4.24. The zero-order valence-electron chi connectivity index (χ0n) is 10.2. The molecular weight excluding hydrogens is 192 g/mol. The standard InChI is InChI=1S/C12H22O3/c1-5-7-8-10(6-2)11(14)12(4,15)9(3)13/h10,15H,5-8H2,1-4H3. The second kappa shape index (κ2) is 6.01. The van der Waals surface area contributed by atoms with Gasteiger partial charge in [-0.05, 0) is 26.7 Å². The third-order valence-electron chi connectivity index (χ3n) is 2.94. The van der Waals surface area contributed by atoms with E-state index in [1.807, 2.05) is 6.92 Å². The first-order valence-corrected chi connectivity index (χ1v) is 5.65. The predicted octanol–water partition coefficient (Wildman–Crippen LogP) is 2.11. The van der Waals surface area contributed by atoms with Gasteiger partial charge in [-0.2, -0.15) is 0 Å². The monoisotopic (exact) mass is 214 g/mol. The van der Waals surface area contributed by atoms with Gasteiger partial charge in [-0.25, -0.2) is 0 Å². The lowest BCUT2D eigenvalue weighted by Crippen LogP contribution is -2.45. The highest BCUT2D eigenvalue weighted by Gasteiger charge is 2.38. The van der Waals surface area contributed by atoms with Crippen LogP contribution in [-0.4, -0.2) is 22.3 Å². The van der Waals surface area contributed by atoms with Crippen LogP contribution in [0.5, 0.6) is 0 Å². The van der Waals surface area contributed by atoms with E-state index in [4.69, 9.17) is 0 Å². The molecule has 2 atom stereocenters. The fourth-order valence-corrected chi connectivity index (χ4v) is 1.54. The Morgan fingerprint density at radius 3 is 2.20 bits per heavy atom. The fourth-order valence-electron chi connectivity index (χ4n) is 1.54. The number of ketones is 2. The molecule has 0 bridgehead atoms. The number of hydrogen-bond acceptors (Lipinski definition) is 3. The minimum atomic E-state index is -1.80. The van der Waals surface area contributed by atoms with E-state index < -0.39 is 11.4 Å². The molecule has 0 aromatic rings. The minimum Gasteiger partial charge on any atom is -0.375 e. The molecule has 88 valence electrons. The van der Waals surface area contributed by atoms with Gasteiger partial charge in [-0.15, -0.1) is 0 Å². The summed E-state index contributed by atoms with van der Waals surface area (Å²) in [5.41, 5.74) is -1.80. The van der Waals surface area contributed by atoms with E-state index in [1.54, 1.807) is 0 Å². The quantitative estimate of drug-likeness (QED) is 0.660. The van der Waals surface area contributed by atoms with Crippen LogP contribution in [0.1, 0.15) is 53.4 Å². The lowest BCUT2D eigenvalue weighted by atomic mass is 9.83. The molecule has 0 aromatic heterocycles. The maximum atomic E-state index is 11.9. The van der Waals surface area contributed by atoms with Crippen LogP contribution in [0.3, 0.4) is 0 Å². The third-order valence-corrected chi connectivity index (χ3v) is 2.94. The highest BCUT2D eigenvalue weighted by molar-refractivity contribution is 6.09. The van der Waals surface area contributed by atoms with Crippen molar-refractivity contribution in [3.05, 3.63) is 0 Å². The lowest BCUT2D eigenvalue weighted by molar-refractivity contribution is -0.150. The van der Waals surface area contributed by atoms with Crippen molar-refractivity contribution in [3.63, 3.8) is 0 Å². The summed E-state index contributed by atoms with van der Waals surface area (Å²) in [7, 11) is 0. The molecule has 0 aliphatic heterocycles. The van der Waals surface area contributed by atoms with Crippen LogP contribution >= 0.6 is 0 Å². The SMILES string of the molecule is CCCCC(CC)C(=O)C(C)(O)C(C)=O. The molecule has 0 heterocycles. The highest BCUT2D eigenvalue weighted by atomic mass is 16.3. The summed E-state index contributed by atoms with van der Waals surface area (Å²) in [5.74, 6) is -0.989. The third kappa shape index (κ3) is 3.74. The molecule has 2 unspecified atom stereocenters. The van der Waals surface area contributed by atoms with E-state index >= 15 is 0 Å². The van der Waals surface area contributed by atoms with Gasteiger partial charge >= 0.3 is 0 Å². The highest BCUT2D eigenvalue weighted by Crippen LogP contribution is 2.21. The maximum absolute atomic E-state index is 11.9. The zero-order chi connectivity index (χ0) is 12.1. The van der Waals surface area contributed by atoms with Crippen LogP contribution in [0.15, 0.2) is 0 Å². The number of Topliss-reactive ketones (excluding diaryl/α,β-unsaturated/α-hetero) is 2. The van der Waals surface area contributed by atoms with Gasteiger partial charge in [0.05, 0.1) is 0 Å². The number of carbonyl (C=O) groups excluding carboxylic acids is 2. The normalized spacial score (nSPS) is 16.9. The molecule has 0 aliphatic rings. The lowest BCUT2D eigenvalue weighted by Gasteiger charge is -2.24. The molecule has 15 heavy (non-hydrogen) atoms. The van der Waals surface area contributed by atoms with Crippen LogP contribution in [0.25, 0.3) is 0 Å². The van der Waals surface area contributed by atoms with Crippen molar-refractivity contribution in [1.82, 2.24) is 0 Å². The molecule has 0 saturated carbocycles. The Labute approximate surface area is 91.9 Å². The summed E-state index contributed by atoms with van der Waals surface area (Å²) in [6.45, 7) is 6.52. The number of aliphatic hydroxyl groups is 1. The van der Waals surface area contributed by atoms with Crippen LogP contribution in [0.2, 0.25) is 0 Å². The Morgan fingerprint density at radius 1 is 1.33 bits per heavy atom.